The number of amides is 1. The Morgan fingerprint density at radius 1 is 1.53 bits per heavy atom. The fourth-order valence-corrected chi connectivity index (χ4v) is 1.72. The molecule has 8 heteroatoms. The van der Waals surface area contributed by atoms with Gasteiger partial charge >= 0.3 is 12.3 Å². The molecule has 0 radical (unpaired) electrons. The number of carbonyl (C=O) groups is 1. The molecule has 1 saturated heterocycles. The molecule has 0 aromatic carbocycles. The summed E-state index contributed by atoms with van der Waals surface area (Å²) in [4.78, 5) is 11.0. The van der Waals surface area contributed by atoms with E-state index in [1.165, 1.54) is 7.05 Å². The van der Waals surface area contributed by atoms with Crippen molar-refractivity contribution in [2.45, 2.75) is 25.2 Å². The molecule has 5 nitrogen and oxygen atoms in total. The molecule has 0 spiro atoms. The van der Waals surface area contributed by atoms with Crippen molar-refractivity contribution in [1.29, 1.82) is 0 Å². The second-order valence-corrected chi connectivity index (χ2v) is 3.83. The molecular weight excluding hydrogens is 239 g/mol. The van der Waals surface area contributed by atoms with Crippen LogP contribution in [0.3, 0.4) is 0 Å². The van der Waals surface area contributed by atoms with Gasteiger partial charge in [0.05, 0.1) is 11.7 Å². The second-order valence-electron chi connectivity index (χ2n) is 3.83. The highest BCUT2D eigenvalue weighted by molar-refractivity contribution is 5.70. The van der Waals surface area contributed by atoms with Crippen molar-refractivity contribution in [1.82, 2.24) is 15.1 Å². The Labute approximate surface area is 94.5 Å². The summed E-state index contributed by atoms with van der Waals surface area (Å²) in [5.74, 6) is 0. The Balaban J connectivity index is 2.34. The maximum absolute atomic E-state index is 12.4. The van der Waals surface area contributed by atoms with E-state index in [-0.39, 0.29) is 11.7 Å². The maximum atomic E-state index is 12.4. The molecule has 0 saturated carbocycles. The van der Waals surface area contributed by atoms with Gasteiger partial charge in [0.2, 0.25) is 0 Å². The molecule has 94 valence electrons. The Kier molecular flexibility index (Phi) is 2.52. The molecule has 1 amide bonds. The first-order chi connectivity index (χ1) is 7.79. The van der Waals surface area contributed by atoms with Gasteiger partial charge in [0, 0.05) is 7.05 Å². The first-order valence-electron chi connectivity index (χ1n) is 4.87. The van der Waals surface area contributed by atoms with E-state index in [0.717, 1.165) is 10.7 Å². The number of cyclic esters (lactones) is 1. The highest BCUT2D eigenvalue weighted by Gasteiger charge is 2.39. The predicted molar refractivity (Wildman–Crippen MR) is 50.0 cm³/mol. The zero-order chi connectivity index (χ0) is 12.8. The van der Waals surface area contributed by atoms with Gasteiger partial charge in [0.25, 0.3) is 0 Å². The zero-order valence-corrected chi connectivity index (χ0v) is 9.08. The molecular formula is C9H10F3N3O2. The van der Waals surface area contributed by atoms with Gasteiger partial charge in [0.15, 0.2) is 11.8 Å². The van der Waals surface area contributed by atoms with E-state index in [4.69, 9.17) is 4.74 Å². The number of alkyl carbamates (subject to hydrolysis) is 1. The molecule has 1 N–H and O–H groups in total. The summed E-state index contributed by atoms with van der Waals surface area (Å²) in [5, 5.41) is 5.82. The van der Waals surface area contributed by atoms with Gasteiger partial charge in [-0.3, -0.25) is 4.68 Å². The number of alkyl halides is 3. The van der Waals surface area contributed by atoms with Gasteiger partial charge in [0.1, 0.15) is 0 Å². The summed E-state index contributed by atoms with van der Waals surface area (Å²) in [7, 11) is 1.38. The molecule has 1 aromatic rings. The van der Waals surface area contributed by atoms with Crippen molar-refractivity contribution in [3.63, 3.8) is 0 Å². The van der Waals surface area contributed by atoms with Gasteiger partial charge in [-0.15, -0.1) is 0 Å². The van der Waals surface area contributed by atoms with Gasteiger partial charge in [-0.2, -0.15) is 18.3 Å². The first-order valence-corrected chi connectivity index (χ1v) is 4.87. The quantitative estimate of drug-likeness (QED) is 0.822. The smallest absolute Gasteiger partial charge is 0.435 e. The number of nitrogens with zero attached hydrogens (tertiary/aromatic N) is 2. The molecule has 0 bridgehead atoms. The average Bonchev–Trinajstić information content (AvgIpc) is 2.68. The van der Waals surface area contributed by atoms with Crippen LogP contribution in [-0.4, -0.2) is 21.9 Å². The lowest BCUT2D eigenvalue weighted by Crippen LogP contribution is -2.24. The average molecular weight is 249 g/mol. The van der Waals surface area contributed by atoms with E-state index in [0.29, 0.717) is 0 Å². The summed E-state index contributed by atoms with van der Waals surface area (Å²) < 4.78 is 43.3. The Hall–Kier alpha value is -1.73. The van der Waals surface area contributed by atoms with Crippen molar-refractivity contribution in [3.8, 4) is 0 Å². The molecule has 0 unspecified atom stereocenters. The van der Waals surface area contributed by atoms with Crippen LogP contribution in [0.15, 0.2) is 6.07 Å². The summed E-state index contributed by atoms with van der Waals surface area (Å²) in [6.07, 6.45) is -5.90. The third kappa shape index (κ3) is 2.06. The van der Waals surface area contributed by atoms with Crippen LogP contribution in [0, 0.1) is 0 Å². The van der Waals surface area contributed by atoms with Crippen molar-refractivity contribution in [3.05, 3.63) is 17.5 Å². The fraction of sp³-hybridized carbons (Fsp3) is 0.556. The van der Waals surface area contributed by atoms with E-state index in [9.17, 15) is 18.0 Å². The van der Waals surface area contributed by atoms with E-state index in [1.807, 2.05) is 0 Å². The number of aryl methyl sites for hydroxylation is 1. The van der Waals surface area contributed by atoms with Gasteiger partial charge < -0.3 is 10.1 Å². The standard InChI is InChI=1S/C9H10F3N3O2/c1-4-7(17-8(16)13-4)5-3-6(9(10,11)12)14-15(5)2/h3-4,7H,1-2H3,(H,13,16)/t4-,7-/m1/s1. The van der Waals surface area contributed by atoms with Crippen molar-refractivity contribution >= 4 is 6.09 Å². The lowest BCUT2D eigenvalue weighted by molar-refractivity contribution is -0.141. The van der Waals surface area contributed by atoms with Crippen molar-refractivity contribution in [2.24, 2.45) is 7.05 Å². The molecule has 1 aliphatic rings. The number of aromatic nitrogens is 2. The summed E-state index contributed by atoms with van der Waals surface area (Å²) in [6.45, 7) is 1.65. The van der Waals surface area contributed by atoms with E-state index in [1.54, 1.807) is 6.92 Å². The lowest BCUT2D eigenvalue weighted by atomic mass is 10.1. The number of halogens is 3. The van der Waals surface area contributed by atoms with Crippen LogP contribution in [0.4, 0.5) is 18.0 Å². The third-order valence-corrected chi connectivity index (χ3v) is 2.53. The minimum absolute atomic E-state index is 0.211. The molecule has 2 heterocycles. The molecule has 0 aliphatic carbocycles. The van der Waals surface area contributed by atoms with Gasteiger partial charge in [-0.25, -0.2) is 4.79 Å². The zero-order valence-electron chi connectivity index (χ0n) is 9.08. The van der Waals surface area contributed by atoms with Crippen molar-refractivity contribution < 1.29 is 22.7 Å². The molecule has 17 heavy (non-hydrogen) atoms. The van der Waals surface area contributed by atoms with Crippen LogP contribution in [0.5, 0.6) is 0 Å². The fourth-order valence-electron chi connectivity index (χ4n) is 1.72. The Morgan fingerprint density at radius 2 is 2.18 bits per heavy atom. The number of hydrogen-bond acceptors (Lipinski definition) is 3. The lowest BCUT2D eigenvalue weighted by Gasteiger charge is -2.12. The number of carbonyl (C=O) groups excluding carboxylic acids is 1. The number of nitrogens with one attached hydrogen (secondary N) is 1. The predicted octanol–water partition coefficient (Wildman–Crippen LogP) is 1.61. The van der Waals surface area contributed by atoms with E-state index >= 15 is 0 Å². The maximum Gasteiger partial charge on any atom is 0.435 e. The summed E-state index contributed by atoms with van der Waals surface area (Å²) in [5.41, 5.74) is -0.784. The van der Waals surface area contributed by atoms with Crippen LogP contribution < -0.4 is 5.32 Å². The molecule has 2 atom stereocenters. The minimum atomic E-state index is -4.50. The van der Waals surface area contributed by atoms with Crippen LogP contribution in [0.25, 0.3) is 0 Å². The largest absolute Gasteiger partial charge is 0.438 e. The minimum Gasteiger partial charge on any atom is -0.438 e. The third-order valence-electron chi connectivity index (χ3n) is 2.53. The monoisotopic (exact) mass is 249 g/mol. The molecule has 1 aliphatic heterocycles. The highest BCUT2D eigenvalue weighted by atomic mass is 19.4. The number of ether oxygens (including phenoxy) is 1. The Bertz CT molecular complexity index is 455. The Morgan fingerprint density at radius 3 is 2.59 bits per heavy atom. The van der Waals surface area contributed by atoms with Crippen LogP contribution >= 0.6 is 0 Å². The topological polar surface area (TPSA) is 56.1 Å². The van der Waals surface area contributed by atoms with Crippen LogP contribution in [0.1, 0.15) is 24.4 Å². The van der Waals surface area contributed by atoms with Crippen LogP contribution in [-0.2, 0) is 18.0 Å². The summed E-state index contributed by atoms with van der Waals surface area (Å²) >= 11 is 0. The van der Waals surface area contributed by atoms with Gasteiger partial charge in [-0.05, 0) is 13.0 Å². The second kappa shape index (κ2) is 3.64. The van der Waals surface area contributed by atoms with Crippen LogP contribution in [0.2, 0.25) is 0 Å². The normalized spacial score (nSPS) is 24.6. The molecule has 1 fully saturated rings. The number of rotatable bonds is 1. The van der Waals surface area contributed by atoms with E-state index in [2.05, 4.69) is 10.4 Å². The van der Waals surface area contributed by atoms with Crippen molar-refractivity contribution in [2.75, 3.05) is 0 Å². The number of hydrogen-bond donors (Lipinski definition) is 1. The molecule has 2 rings (SSSR count). The molecule has 1 aromatic heterocycles. The summed E-state index contributed by atoms with van der Waals surface area (Å²) in [6, 6.07) is 0.500. The SMILES string of the molecule is C[C@H]1NC(=O)O[C@H]1c1cc(C(F)(F)F)nn1C. The van der Waals surface area contributed by atoms with Gasteiger partial charge in [-0.1, -0.05) is 0 Å². The van der Waals surface area contributed by atoms with E-state index < -0.39 is 24.1 Å². The first kappa shape index (κ1) is 11.7. The highest BCUT2D eigenvalue weighted by Crippen LogP contribution is 2.32.